The number of hydrogen-bond acceptors (Lipinski definition) is 5. The van der Waals surface area contributed by atoms with Crippen molar-refractivity contribution in [2.75, 3.05) is 69.1 Å². The monoisotopic (exact) mass is 595 g/mol. The minimum absolute atomic E-state index is 0.0393. The lowest BCUT2D eigenvalue weighted by atomic mass is 10.1. The molecule has 2 saturated heterocycles. The number of halogens is 5. The van der Waals surface area contributed by atoms with Gasteiger partial charge < -0.3 is 10.2 Å². The molecule has 2 aromatic carbocycles. The zero-order chi connectivity index (χ0) is 29.0. The third kappa shape index (κ3) is 8.12. The Kier molecular flexibility index (Phi) is 9.74. The zero-order valence-corrected chi connectivity index (χ0v) is 24.0. The Morgan fingerprint density at radius 1 is 0.902 bits per heavy atom. The molecule has 5 rings (SSSR count). The number of benzene rings is 2. The standard InChI is InChI=1S/C30H38ClF4N5O/c31-23-6-8-27(28(20-23)40-17-11-37(12-18-40)10-9-30(33,34)35)36-29(41)25-7-5-22(19-26(25)32)21-38-13-15-39(16-14-38)24-3-1-2-4-24/h5-8,19-20,24H,1-4,9-18,21H2,(H,36,41). The lowest BCUT2D eigenvalue weighted by molar-refractivity contribution is -0.138. The first-order chi connectivity index (χ1) is 19.6. The molecule has 41 heavy (non-hydrogen) atoms. The number of carbonyl (C=O) groups is 1. The fraction of sp³-hybridized carbons (Fsp3) is 0.567. The Morgan fingerprint density at radius 3 is 2.24 bits per heavy atom. The second-order valence-corrected chi connectivity index (χ2v) is 11.8. The number of nitrogens with zero attached hydrogens (tertiary/aromatic N) is 4. The molecule has 1 saturated carbocycles. The van der Waals surface area contributed by atoms with Crippen LogP contribution in [0.25, 0.3) is 0 Å². The second kappa shape index (κ2) is 13.3. The number of rotatable bonds is 8. The first kappa shape index (κ1) is 30.1. The van der Waals surface area contributed by atoms with Gasteiger partial charge in [-0.1, -0.05) is 30.5 Å². The topological polar surface area (TPSA) is 42.1 Å². The van der Waals surface area contributed by atoms with Crippen LogP contribution in [-0.4, -0.2) is 91.7 Å². The van der Waals surface area contributed by atoms with Crippen LogP contribution in [0.15, 0.2) is 36.4 Å². The van der Waals surface area contributed by atoms with Crippen LogP contribution in [0.3, 0.4) is 0 Å². The van der Waals surface area contributed by atoms with Gasteiger partial charge in [0.05, 0.1) is 23.4 Å². The van der Waals surface area contributed by atoms with Crippen molar-refractivity contribution < 1.29 is 22.4 Å². The summed E-state index contributed by atoms with van der Waals surface area (Å²) in [5, 5.41) is 3.29. The molecule has 0 atom stereocenters. The molecule has 0 aromatic heterocycles. The Balaban J connectivity index is 1.17. The van der Waals surface area contributed by atoms with Gasteiger partial charge in [0.15, 0.2) is 0 Å². The predicted octanol–water partition coefficient (Wildman–Crippen LogP) is 5.87. The zero-order valence-electron chi connectivity index (χ0n) is 23.2. The second-order valence-electron chi connectivity index (χ2n) is 11.4. The van der Waals surface area contributed by atoms with Crippen LogP contribution in [0, 0.1) is 5.82 Å². The molecule has 0 spiro atoms. The highest BCUT2D eigenvalue weighted by Gasteiger charge is 2.29. The van der Waals surface area contributed by atoms with Crippen molar-refractivity contribution in [3.63, 3.8) is 0 Å². The third-order valence-electron chi connectivity index (χ3n) is 8.56. The van der Waals surface area contributed by atoms with Crippen molar-refractivity contribution in [3.8, 4) is 0 Å². The van der Waals surface area contributed by atoms with E-state index >= 15 is 4.39 Å². The van der Waals surface area contributed by atoms with Gasteiger partial charge in [0, 0.05) is 76.5 Å². The summed E-state index contributed by atoms with van der Waals surface area (Å²) in [6.07, 6.45) is 0.234. The van der Waals surface area contributed by atoms with Crippen LogP contribution in [-0.2, 0) is 6.54 Å². The lowest BCUT2D eigenvalue weighted by Gasteiger charge is -2.38. The summed E-state index contributed by atoms with van der Waals surface area (Å²) in [4.78, 5) is 21.8. The van der Waals surface area contributed by atoms with Gasteiger partial charge in [-0.25, -0.2) is 4.39 Å². The molecule has 11 heteroatoms. The molecule has 2 aliphatic heterocycles. The molecule has 2 heterocycles. The minimum Gasteiger partial charge on any atom is -0.367 e. The van der Waals surface area contributed by atoms with Gasteiger partial charge >= 0.3 is 6.18 Å². The average Bonchev–Trinajstić information content (AvgIpc) is 3.48. The highest BCUT2D eigenvalue weighted by atomic mass is 35.5. The summed E-state index contributed by atoms with van der Waals surface area (Å²) < 4.78 is 53.0. The van der Waals surface area contributed by atoms with E-state index in [0.717, 1.165) is 37.8 Å². The van der Waals surface area contributed by atoms with E-state index in [0.29, 0.717) is 49.1 Å². The molecule has 1 aliphatic carbocycles. The van der Waals surface area contributed by atoms with Gasteiger partial charge in [0.2, 0.25) is 0 Å². The number of piperazine rings is 2. The Hall–Kier alpha value is -2.40. The van der Waals surface area contributed by atoms with E-state index in [2.05, 4.69) is 15.1 Å². The maximum absolute atomic E-state index is 15.1. The van der Waals surface area contributed by atoms with E-state index in [1.807, 2.05) is 11.0 Å². The molecule has 3 fully saturated rings. The van der Waals surface area contributed by atoms with Crippen molar-refractivity contribution in [1.82, 2.24) is 14.7 Å². The van der Waals surface area contributed by atoms with Gasteiger partial charge in [0.1, 0.15) is 5.82 Å². The molecule has 1 amide bonds. The highest BCUT2D eigenvalue weighted by molar-refractivity contribution is 6.31. The molecule has 0 radical (unpaired) electrons. The van der Waals surface area contributed by atoms with E-state index in [1.54, 1.807) is 23.1 Å². The van der Waals surface area contributed by atoms with Crippen LogP contribution < -0.4 is 10.2 Å². The highest BCUT2D eigenvalue weighted by Crippen LogP contribution is 2.31. The van der Waals surface area contributed by atoms with Gasteiger partial charge in [0.25, 0.3) is 5.91 Å². The third-order valence-corrected chi connectivity index (χ3v) is 8.80. The average molecular weight is 596 g/mol. The summed E-state index contributed by atoms with van der Waals surface area (Å²) in [7, 11) is 0. The minimum atomic E-state index is -4.18. The SMILES string of the molecule is O=C(Nc1ccc(Cl)cc1N1CCN(CCC(F)(F)F)CC1)c1ccc(CN2CCN(C3CCCC3)CC2)cc1F. The number of anilines is 2. The quantitative estimate of drug-likeness (QED) is 0.387. The van der Waals surface area contributed by atoms with Crippen LogP contribution >= 0.6 is 11.6 Å². The molecular formula is C30H38ClF4N5O. The maximum Gasteiger partial charge on any atom is 0.390 e. The number of carbonyl (C=O) groups excluding carboxylic acids is 1. The van der Waals surface area contributed by atoms with Crippen molar-refractivity contribution >= 4 is 28.9 Å². The van der Waals surface area contributed by atoms with Gasteiger partial charge in [-0.3, -0.25) is 19.5 Å². The van der Waals surface area contributed by atoms with E-state index in [-0.39, 0.29) is 12.1 Å². The van der Waals surface area contributed by atoms with E-state index in [4.69, 9.17) is 11.6 Å². The Morgan fingerprint density at radius 2 is 1.59 bits per heavy atom. The normalized spacial score (nSPS) is 20.1. The smallest absolute Gasteiger partial charge is 0.367 e. The van der Waals surface area contributed by atoms with Gasteiger partial charge in [-0.2, -0.15) is 13.2 Å². The fourth-order valence-corrected chi connectivity index (χ4v) is 6.38. The first-order valence-electron chi connectivity index (χ1n) is 14.5. The van der Waals surface area contributed by atoms with Crippen molar-refractivity contribution in [3.05, 3.63) is 58.4 Å². The number of hydrogen-bond donors (Lipinski definition) is 1. The van der Waals surface area contributed by atoms with Crippen molar-refractivity contribution in [1.29, 1.82) is 0 Å². The summed E-state index contributed by atoms with van der Waals surface area (Å²) in [6.45, 7) is 6.49. The summed E-state index contributed by atoms with van der Waals surface area (Å²) >= 11 is 6.24. The van der Waals surface area contributed by atoms with E-state index in [9.17, 15) is 18.0 Å². The molecule has 0 bridgehead atoms. The first-order valence-corrected chi connectivity index (χ1v) is 14.9. The molecule has 0 unspecified atom stereocenters. The molecule has 2 aromatic rings. The number of amides is 1. The number of alkyl halides is 3. The van der Waals surface area contributed by atoms with E-state index in [1.165, 1.54) is 37.8 Å². The van der Waals surface area contributed by atoms with Gasteiger partial charge in [-0.05, 0) is 48.7 Å². The molecule has 3 aliphatic rings. The number of nitrogens with one attached hydrogen (secondary N) is 1. The van der Waals surface area contributed by atoms with E-state index < -0.39 is 24.3 Å². The molecular weight excluding hydrogens is 558 g/mol. The molecule has 6 nitrogen and oxygen atoms in total. The van der Waals surface area contributed by atoms with Crippen LogP contribution in [0.4, 0.5) is 28.9 Å². The Bertz CT molecular complexity index is 1190. The molecule has 224 valence electrons. The summed E-state index contributed by atoms with van der Waals surface area (Å²) in [5.74, 6) is -1.13. The summed E-state index contributed by atoms with van der Waals surface area (Å²) in [6, 6.07) is 10.5. The van der Waals surface area contributed by atoms with Crippen molar-refractivity contribution in [2.24, 2.45) is 0 Å². The fourth-order valence-electron chi connectivity index (χ4n) is 6.21. The largest absolute Gasteiger partial charge is 0.390 e. The molecule has 1 N–H and O–H groups in total. The lowest BCUT2D eigenvalue weighted by Crippen LogP contribution is -2.49. The van der Waals surface area contributed by atoms with Crippen LogP contribution in [0.2, 0.25) is 5.02 Å². The van der Waals surface area contributed by atoms with Crippen LogP contribution in [0.1, 0.15) is 48.0 Å². The maximum atomic E-state index is 15.1. The Labute approximate surface area is 244 Å². The van der Waals surface area contributed by atoms with Gasteiger partial charge in [-0.15, -0.1) is 0 Å². The summed E-state index contributed by atoms with van der Waals surface area (Å²) in [5.41, 5.74) is 1.93. The van der Waals surface area contributed by atoms with Crippen molar-refractivity contribution in [2.45, 2.75) is 50.9 Å². The van der Waals surface area contributed by atoms with Crippen LogP contribution in [0.5, 0.6) is 0 Å². The predicted molar refractivity (Wildman–Crippen MR) is 154 cm³/mol.